The lowest BCUT2D eigenvalue weighted by Gasteiger charge is -2.33. The summed E-state index contributed by atoms with van der Waals surface area (Å²) in [5, 5.41) is 11.7. The Hall–Kier alpha value is -3.76. The van der Waals surface area contributed by atoms with Crippen LogP contribution >= 0.6 is 0 Å². The van der Waals surface area contributed by atoms with Crippen LogP contribution in [0.1, 0.15) is 89.9 Å². The largest absolute Gasteiger partial charge is 0.400 e. The average Bonchev–Trinajstić information content (AvgIpc) is 3.48. The van der Waals surface area contributed by atoms with Crippen molar-refractivity contribution in [2.24, 2.45) is 11.1 Å². The van der Waals surface area contributed by atoms with E-state index in [9.17, 15) is 13.6 Å². The molecule has 8 nitrogen and oxygen atoms in total. The van der Waals surface area contributed by atoms with Crippen LogP contribution in [0.3, 0.4) is 0 Å². The first kappa shape index (κ1) is 39.4. The van der Waals surface area contributed by atoms with Crippen molar-refractivity contribution in [1.29, 1.82) is 0 Å². The SMILES string of the molecule is C=C(CC)O/N=C(\C)C1CCN(c2ncnc3c(-c4ccc(C=O)cc4F)cc(F)cc23)CC1.CC1CCCN1C.CCCC.CO. The lowest BCUT2D eigenvalue weighted by molar-refractivity contribution is 0.112. The molecule has 1 aromatic heterocycles. The highest BCUT2D eigenvalue weighted by atomic mass is 19.1. The van der Waals surface area contributed by atoms with Crippen molar-refractivity contribution in [3.05, 3.63) is 66.2 Å². The number of piperidine rings is 1. The van der Waals surface area contributed by atoms with Gasteiger partial charge in [0.25, 0.3) is 0 Å². The Morgan fingerprint density at radius 2 is 1.72 bits per heavy atom. The summed E-state index contributed by atoms with van der Waals surface area (Å²) in [6.07, 6.45) is 9.81. The number of aromatic nitrogens is 2. The van der Waals surface area contributed by atoms with E-state index in [1.54, 1.807) is 0 Å². The van der Waals surface area contributed by atoms with Gasteiger partial charge in [0.15, 0.2) is 0 Å². The molecule has 1 unspecified atom stereocenters. The summed E-state index contributed by atoms with van der Waals surface area (Å²) in [7, 11) is 3.19. The van der Waals surface area contributed by atoms with Crippen LogP contribution in [0.15, 0.2) is 54.2 Å². The number of nitrogens with zero attached hydrogens (tertiary/aromatic N) is 5. The first-order valence-corrected chi connectivity index (χ1v) is 16.6. The highest BCUT2D eigenvalue weighted by Crippen LogP contribution is 2.35. The normalized spacial score (nSPS) is 16.7. The predicted molar refractivity (Wildman–Crippen MR) is 189 cm³/mol. The van der Waals surface area contributed by atoms with Crippen LogP contribution in [-0.4, -0.2) is 71.8 Å². The van der Waals surface area contributed by atoms with E-state index in [1.807, 2.05) is 13.8 Å². The summed E-state index contributed by atoms with van der Waals surface area (Å²) in [5.41, 5.74) is 2.09. The Morgan fingerprint density at radius 3 is 2.23 bits per heavy atom. The standard InChI is InChI=1S/C26H26F2N4O2.C6H13N.C4H10.CH4O/c1-4-16(2)34-31-17(3)19-7-9-32(10-8-19)26-23-13-20(27)12-22(25(23)29-15-30-26)21-6-5-18(14-33)11-24(21)28;1-6-4-3-5-7(6)2;1-3-4-2;1-2/h5-6,11-15,19H,2,4,7-10H2,1,3H3;6H,3-5H2,1-2H3;3-4H2,1-2H3;2H,1H3/b31-17+;;;. The number of hydrogen-bond donors (Lipinski definition) is 1. The van der Waals surface area contributed by atoms with Crippen LogP contribution in [0.4, 0.5) is 14.6 Å². The molecule has 0 saturated carbocycles. The van der Waals surface area contributed by atoms with E-state index in [1.165, 1.54) is 62.8 Å². The summed E-state index contributed by atoms with van der Waals surface area (Å²) in [6, 6.07) is 7.59. The van der Waals surface area contributed by atoms with Gasteiger partial charge in [0, 0.05) is 60.7 Å². The molecule has 0 aliphatic carbocycles. The number of carbonyl (C=O) groups is 1. The molecule has 0 bridgehead atoms. The predicted octanol–water partition coefficient (Wildman–Crippen LogP) is 8.44. The number of benzene rings is 2. The molecule has 2 saturated heterocycles. The van der Waals surface area contributed by atoms with Gasteiger partial charge in [-0.1, -0.05) is 57.5 Å². The van der Waals surface area contributed by atoms with Crippen LogP contribution in [0, 0.1) is 17.6 Å². The minimum atomic E-state index is -0.611. The first-order chi connectivity index (χ1) is 22.6. The molecular formula is C37H53F2N5O3. The van der Waals surface area contributed by atoms with E-state index in [0.717, 1.165) is 37.8 Å². The molecule has 0 amide bonds. The smallest absolute Gasteiger partial charge is 0.150 e. The van der Waals surface area contributed by atoms with E-state index in [-0.39, 0.29) is 17.0 Å². The lowest BCUT2D eigenvalue weighted by atomic mass is 9.92. The quantitative estimate of drug-likeness (QED) is 0.113. The highest BCUT2D eigenvalue weighted by Gasteiger charge is 2.25. The Bertz CT molecular complexity index is 1450. The van der Waals surface area contributed by atoms with Gasteiger partial charge in [-0.3, -0.25) is 4.79 Å². The van der Waals surface area contributed by atoms with Crippen molar-refractivity contribution in [3.63, 3.8) is 0 Å². The lowest BCUT2D eigenvalue weighted by Crippen LogP contribution is -2.36. The Balaban J connectivity index is 0.000000498. The Morgan fingerprint density at radius 1 is 1.04 bits per heavy atom. The van der Waals surface area contributed by atoms with Gasteiger partial charge in [-0.05, 0) is 71.3 Å². The number of unbranched alkanes of at least 4 members (excludes halogenated alkanes) is 1. The maximum Gasteiger partial charge on any atom is 0.150 e. The zero-order valence-corrected chi connectivity index (χ0v) is 29.2. The fraction of sp³-hybridized carbons (Fsp3) is 0.514. The van der Waals surface area contributed by atoms with E-state index < -0.39 is 11.6 Å². The minimum Gasteiger partial charge on any atom is -0.400 e. The molecule has 10 heteroatoms. The number of aliphatic hydroxyl groups excluding tert-OH is 1. The van der Waals surface area contributed by atoms with Gasteiger partial charge in [-0.25, -0.2) is 18.7 Å². The maximum atomic E-state index is 14.7. The number of fused-ring (bicyclic) bond motifs is 1. The number of oxime groups is 1. The van der Waals surface area contributed by atoms with Crippen molar-refractivity contribution in [1.82, 2.24) is 14.9 Å². The van der Waals surface area contributed by atoms with Crippen LogP contribution in [0.5, 0.6) is 0 Å². The number of likely N-dealkylation sites (tertiary alicyclic amines) is 1. The van der Waals surface area contributed by atoms with Crippen molar-refractivity contribution >= 4 is 28.7 Å². The zero-order chi connectivity index (χ0) is 34.9. The molecule has 1 atom stereocenters. The van der Waals surface area contributed by atoms with Crippen molar-refractivity contribution in [2.45, 2.75) is 85.6 Å². The van der Waals surface area contributed by atoms with Gasteiger partial charge in [-0.15, -0.1) is 0 Å². The van der Waals surface area contributed by atoms with Crippen molar-refractivity contribution < 1.29 is 23.5 Å². The number of halogens is 2. The van der Waals surface area contributed by atoms with E-state index in [0.29, 0.717) is 53.8 Å². The van der Waals surface area contributed by atoms with Crippen LogP contribution in [0.25, 0.3) is 22.0 Å². The van der Waals surface area contributed by atoms with Crippen molar-refractivity contribution in [3.8, 4) is 11.1 Å². The number of aliphatic hydroxyl groups is 1. The molecule has 5 rings (SSSR count). The number of aldehydes is 1. The van der Waals surface area contributed by atoms with Crippen LogP contribution < -0.4 is 4.90 Å². The third-order valence-corrected chi connectivity index (χ3v) is 8.59. The molecule has 1 N–H and O–H groups in total. The van der Waals surface area contributed by atoms with Gasteiger partial charge in [0.1, 0.15) is 35.8 Å². The molecule has 0 radical (unpaired) electrons. The molecule has 2 aliphatic rings. The Labute approximate surface area is 279 Å². The summed E-state index contributed by atoms with van der Waals surface area (Å²) in [6.45, 7) is 17.1. The van der Waals surface area contributed by atoms with Gasteiger partial charge in [0.05, 0.1) is 11.2 Å². The molecular weight excluding hydrogens is 600 g/mol. The van der Waals surface area contributed by atoms with E-state index in [4.69, 9.17) is 9.94 Å². The average molecular weight is 654 g/mol. The van der Waals surface area contributed by atoms with E-state index in [2.05, 4.69) is 59.3 Å². The molecule has 2 fully saturated rings. The fourth-order valence-corrected chi connectivity index (χ4v) is 5.26. The topological polar surface area (TPSA) is 91.2 Å². The van der Waals surface area contributed by atoms with Gasteiger partial charge in [-0.2, -0.15) is 0 Å². The van der Waals surface area contributed by atoms with Crippen LogP contribution in [0.2, 0.25) is 0 Å². The molecule has 0 spiro atoms. The third-order valence-electron chi connectivity index (χ3n) is 8.59. The first-order valence-electron chi connectivity index (χ1n) is 16.6. The summed E-state index contributed by atoms with van der Waals surface area (Å²) in [4.78, 5) is 29.6. The van der Waals surface area contributed by atoms with Gasteiger partial charge in [0.2, 0.25) is 0 Å². The molecule has 258 valence electrons. The second kappa shape index (κ2) is 20.5. The second-order valence-corrected chi connectivity index (χ2v) is 11.9. The maximum absolute atomic E-state index is 14.7. The second-order valence-electron chi connectivity index (χ2n) is 11.9. The van der Waals surface area contributed by atoms with Gasteiger partial charge < -0.3 is 19.7 Å². The van der Waals surface area contributed by atoms with E-state index >= 15 is 0 Å². The number of allylic oxidation sites excluding steroid dienone is 1. The molecule has 2 aliphatic heterocycles. The summed E-state index contributed by atoms with van der Waals surface area (Å²) >= 11 is 0. The zero-order valence-electron chi connectivity index (χ0n) is 29.2. The minimum absolute atomic E-state index is 0.180. The fourth-order valence-electron chi connectivity index (χ4n) is 5.26. The molecule has 2 aromatic carbocycles. The third kappa shape index (κ3) is 11.5. The molecule has 3 heterocycles. The van der Waals surface area contributed by atoms with Gasteiger partial charge >= 0.3 is 0 Å². The number of rotatable bonds is 8. The number of anilines is 1. The number of hydrogen-bond acceptors (Lipinski definition) is 8. The molecule has 47 heavy (non-hydrogen) atoms. The van der Waals surface area contributed by atoms with Crippen LogP contribution in [-0.2, 0) is 4.84 Å². The number of carbonyl (C=O) groups excluding carboxylic acids is 1. The Kier molecular flexibility index (Phi) is 17.2. The molecule has 3 aromatic rings. The monoisotopic (exact) mass is 653 g/mol. The summed E-state index contributed by atoms with van der Waals surface area (Å²) < 4.78 is 29.4. The highest BCUT2D eigenvalue weighted by molar-refractivity contribution is 5.99. The van der Waals surface area contributed by atoms with Crippen molar-refractivity contribution in [2.75, 3.05) is 38.7 Å². The summed E-state index contributed by atoms with van der Waals surface area (Å²) in [5.74, 6) is 0.383.